The van der Waals surface area contributed by atoms with Gasteiger partial charge < -0.3 is 8.98 Å². The zero-order valence-corrected chi connectivity index (χ0v) is 40.9. The maximum Gasteiger partial charge on any atom is 0.163 e. The zero-order valence-electron chi connectivity index (χ0n) is 40.9. The molecular formula is C45B28N4O. The molecule has 0 unspecified atom stereocenters. The Morgan fingerprint density at radius 1 is 0.205 bits per heavy atom. The molecule has 0 aliphatic rings. The minimum absolute atomic E-state index is 0.0196. The molecule has 78 heavy (non-hydrogen) atoms. The van der Waals surface area contributed by atoms with Crippen molar-refractivity contribution in [3.8, 4) is 51.0 Å². The number of rotatable bonds is 5. The van der Waals surface area contributed by atoms with Crippen molar-refractivity contribution in [1.82, 2.24) is 19.5 Å². The molecule has 7 aromatic carbocycles. The molecule has 10 aromatic rings. The molecule has 0 amide bonds. The van der Waals surface area contributed by atoms with E-state index in [9.17, 15) is 0 Å². The van der Waals surface area contributed by atoms with Gasteiger partial charge in [-0.15, -0.1) is 65.6 Å². The van der Waals surface area contributed by atoms with E-state index in [4.69, 9.17) is 239 Å². The van der Waals surface area contributed by atoms with Crippen LogP contribution in [0.3, 0.4) is 0 Å². The second-order valence-electron chi connectivity index (χ2n) is 18.4. The summed E-state index contributed by atoms with van der Waals surface area (Å²) in [5.74, 6) is -1.08. The van der Waals surface area contributed by atoms with Crippen molar-refractivity contribution in [2.45, 2.75) is 0 Å². The number of fused-ring (bicyclic) bond motifs is 6. The van der Waals surface area contributed by atoms with Crippen molar-refractivity contribution in [3.05, 3.63) is 0 Å². The van der Waals surface area contributed by atoms with Gasteiger partial charge in [0.05, 0.1) is 5.69 Å². The smallest absolute Gasteiger partial charge is 0.163 e. The second-order valence-corrected chi connectivity index (χ2v) is 18.4. The molecule has 0 aliphatic carbocycles. The van der Waals surface area contributed by atoms with E-state index in [2.05, 4.69) is 0 Å². The van der Waals surface area contributed by atoms with Crippen molar-refractivity contribution < 1.29 is 4.42 Å². The van der Waals surface area contributed by atoms with Gasteiger partial charge in [0.15, 0.2) is 23.1 Å². The van der Waals surface area contributed by atoms with E-state index in [1.54, 1.807) is 0 Å². The van der Waals surface area contributed by atoms with E-state index < -0.39 is 0 Å². The highest BCUT2D eigenvalue weighted by Crippen LogP contribution is 2.34. The lowest BCUT2D eigenvalue weighted by atomic mass is 9.56. The van der Waals surface area contributed by atoms with Gasteiger partial charge in [-0.05, 0) is 27.4 Å². The van der Waals surface area contributed by atoms with Gasteiger partial charge >= 0.3 is 0 Å². The Kier molecular flexibility index (Phi) is 13.9. The predicted molar refractivity (Wildman–Crippen MR) is 354 cm³/mol. The summed E-state index contributed by atoms with van der Waals surface area (Å²) in [5, 5.41) is 0.373. The Morgan fingerprint density at radius 2 is 0.449 bits per heavy atom. The molecule has 0 saturated carbocycles. The molecule has 0 spiro atoms. The highest BCUT2D eigenvalue weighted by Gasteiger charge is 2.31. The lowest BCUT2D eigenvalue weighted by Gasteiger charge is -2.28. The van der Waals surface area contributed by atoms with Crippen LogP contribution in [0.5, 0.6) is 0 Å². The first kappa shape index (κ1) is 56.3. The Labute approximate surface area is 488 Å². The molecule has 0 bridgehead atoms. The number of hydrogen-bond donors (Lipinski definition) is 0. The van der Waals surface area contributed by atoms with Crippen molar-refractivity contribution in [3.63, 3.8) is 0 Å². The maximum atomic E-state index is 7.18. The van der Waals surface area contributed by atoms with Gasteiger partial charge in [-0.2, -0.15) is 0 Å². The average molecular weight is 915 g/mol. The predicted octanol–water partition coefficient (Wildman–Crippen LogP) is -22.2. The third kappa shape index (κ3) is 7.52. The molecule has 5 nitrogen and oxygen atoms in total. The van der Waals surface area contributed by atoms with Crippen LogP contribution in [0.25, 0.3) is 94.7 Å². The molecule has 3 heterocycles. The number of benzene rings is 7. The normalized spacial score (nSPS) is 11.7. The SMILES string of the molecule is [B]c1c([B])c([B])c(-c2nc(-c3c([B])c([B])c([B])c(-c4c([B])c([B])c([B])c([B])c4[B])c3[B])nc(-c3c([B])c([B])c4c(oc5c(-n6c7c([B])c([B])c([B])c([B])c7c7c([B])c([B])c([B])c([B])c76)c([B])c([B])c([B])c54)c3[B])n2)c([B])c1[B]. The Morgan fingerprint density at radius 3 is 0.859 bits per heavy atom. The first-order chi connectivity index (χ1) is 36.4. The third-order valence-electron chi connectivity index (χ3n) is 14.4. The molecule has 0 fully saturated rings. The number of hydrogen-bond acceptors (Lipinski definition) is 4. The summed E-state index contributed by atoms with van der Waals surface area (Å²) in [7, 11) is 185. The van der Waals surface area contributed by atoms with Gasteiger partial charge in [0.25, 0.3) is 0 Å². The molecule has 0 aliphatic heterocycles. The summed E-state index contributed by atoms with van der Waals surface area (Å²) in [6.45, 7) is 0. The lowest BCUT2D eigenvalue weighted by molar-refractivity contribution is 0.670. The zero-order chi connectivity index (χ0) is 57.4. The molecule has 10 rings (SSSR count). The molecule has 0 N–H and O–H groups in total. The van der Waals surface area contributed by atoms with E-state index in [1.165, 1.54) is 4.57 Å². The fourth-order valence-electron chi connectivity index (χ4n) is 10.0. The topological polar surface area (TPSA) is 56.7 Å². The van der Waals surface area contributed by atoms with Crippen molar-refractivity contribution in [1.29, 1.82) is 0 Å². The average Bonchev–Trinajstić information content (AvgIpc) is 4.13. The van der Waals surface area contributed by atoms with Crippen LogP contribution in [0, 0.1) is 0 Å². The first-order valence-corrected chi connectivity index (χ1v) is 22.5. The van der Waals surface area contributed by atoms with Crippen LogP contribution >= 0.6 is 0 Å². The summed E-state index contributed by atoms with van der Waals surface area (Å²) in [6.07, 6.45) is 0. The maximum absolute atomic E-state index is 7.18. The standard InChI is InChI=1S/C45B28N4O/c46-10-1(2-12(48)24(60)31(67)25(61)13(2)49)11(47)23(59)19(55)7(10)43-74-44(8-20(56)28(64)32(68)29(65)21(8)57)76-45(75-43)9-18(54)16(52)5-6-17(53)30(66)37(73)40(42(6)78-41(5)22(9)58)77-38-3(14(50)26(62)33(69)35(38)71)4-15(51)27(63)34(70)36(72)39(4)77. The number of aromatic nitrogens is 4. The third-order valence-corrected chi connectivity index (χ3v) is 14.4. The fraction of sp³-hybridized carbons (Fsp3) is 0. The van der Waals surface area contributed by atoms with Crippen molar-refractivity contribution in [2.24, 2.45) is 0 Å². The molecule has 33 heteroatoms. The van der Waals surface area contributed by atoms with Gasteiger partial charge in [0.1, 0.15) is 225 Å². The summed E-state index contributed by atoms with van der Waals surface area (Å²) < 4.78 is 8.19. The van der Waals surface area contributed by atoms with Crippen LogP contribution in [-0.4, -0.2) is 239 Å². The van der Waals surface area contributed by atoms with E-state index in [0.29, 0.717) is 0 Å². The first-order valence-electron chi connectivity index (χ1n) is 22.5. The molecule has 3 aromatic heterocycles. The summed E-state index contributed by atoms with van der Waals surface area (Å²) >= 11 is 0. The van der Waals surface area contributed by atoms with Gasteiger partial charge in [-0.1, -0.05) is 81.9 Å². The Bertz CT molecular complexity index is 4360. The van der Waals surface area contributed by atoms with E-state index in [1.807, 2.05) is 0 Å². The van der Waals surface area contributed by atoms with Gasteiger partial charge in [-0.25, -0.2) is 15.0 Å². The van der Waals surface area contributed by atoms with E-state index in [-0.39, 0.29) is 248 Å². The minimum Gasteiger partial charge on any atom is -0.455 e. The highest BCUT2D eigenvalue weighted by atomic mass is 16.3. The van der Waals surface area contributed by atoms with Crippen LogP contribution in [0.4, 0.5) is 0 Å². The second kappa shape index (κ2) is 19.3. The summed E-state index contributed by atoms with van der Waals surface area (Å²) in [4.78, 5) is 14.3. The van der Waals surface area contributed by atoms with Crippen LogP contribution in [0.15, 0.2) is 4.42 Å². The van der Waals surface area contributed by atoms with Crippen LogP contribution in [0.2, 0.25) is 0 Å². The Hall–Kier alpha value is -5.03. The molecule has 56 radical (unpaired) electrons. The van der Waals surface area contributed by atoms with Gasteiger partial charge in [0.2, 0.25) is 0 Å². The Balaban J connectivity index is 1.36. The molecule has 290 valence electrons. The van der Waals surface area contributed by atoms with Crippen LogP contribution < -0.4 is 153 Å². The van der Waals surface area contributed by atoms with Crippen LogP contribution in [-0.2, 0) is 0 Å². The lowest BCUT2D eigenvalue weighted by Crippen LogP contribution is -2.57. The monoisotopic (exact) mass is 920 g/mol. The molecule has 0 saturated heterocycles. The highest BCUT2D eigenvalue weighted by molar-refractivity contribution is 6.75. The van der Waals surface area contributed by atoms with E-state index in [0.717, 1.165) is 0 Å². The van der Waals surface area contributed by atoms with Crippen LogP contribution in [0.1, 0.15) is 0 Å². The summed E-state index contributed by atoms with van der Waals surface area (Å²) in [5.41, 5.74) is -5.62. The van der Waals surface area contributed by atoms with E-state index >= 15 is 0 Å². The number of furan rings is 1. The number of nitrogens with zero attached hydrogens (tertiary/aromatic N) is 4. The van der Waals surface area contributed by atoms with Crippen molar-refractivity contribution >= 4 is 416 Å². The largest absolute Gasteiger partial charge is 0.455 e. The summed E-state index contributed by atoms with van der Waals surface area (Å²) in [6, 6.07) is 0. The molecule has 0 atom stereocenters. The fourth-order valence-corrected chi connectivity index (χ4v) is 10.0. The van der Waals surface area contributed by atoms with Gasteiger partial charge in [0, 0.05) is 38.5 Å². The van der Waals surface area contributed by atoms with Crippen molar-refractivity contribution in [2.75, 3.05) is 0 Å². The minimum atomic E-state index is -0.371. The molecular weight excluding hydrogens is 915 g/mol. The van der Waals surface area contributed by atoms with Gasteiger partial charge in [-0.3, -0.25) is 0 Å². The quantitative estimate of drug-likeness (QED) is 0.161.